The topological polar surface area (TPSA) is 82.1 Å². The summed E-state index contributed by atoms with van der Waals surface area (Å²) in [7, 11) is 4.40. The standard InChI is InChI=1S/C13H16O6S/c1-17-10-4-8(5-11(18-2)13(10)19-3)9(14)6-20-7-12(15)16/h4-5H,6-7H2,1-3H3,(H,15,16). The monoisotopic (exact) mass is 300 g/mol. The molecule has 0 atom stereocenters. The van der Waals surface area contributed by atoms with Crippen LogP contribution in [-0.4, -0.2) is 49.7 Å². The number of hydrogen-bond donors (Lipinski definition) is 1. The molecule has 1 N–H and O–H groups in total. The summed E-state index contributed by atoms with van der Waals surface area (Å²) >= 11 is 1.04. The minimum Gasteiger partial charge on any atom is -0.493 e. The number of rotatable bonds is 8. The highest BCUT2D eigenvalue weighted by atomic mass is 32.2. The summed E-state index contributed by atoms with van der Waals surface area (Å²) in [5.41, 5.74) is 0.386. The van der Waals surface area contributed by atoms with Crippen LogP contribution in [0.25, 0.3) is 0 Å². The number of aliphatic carboxylic acids is 1. The quantitative estimate of drug-likeness (QED) is 0.732. The Balaban J connectivity index is 2.94. The lowest BCUT2D eigenvalue weighted by atomic mass is 10.1. The molecule has 0 saturated carbocycles. The SMILES string of the molecule is COc1cc(C(=O)CSCC(=O)O)cc(OC)c1OC. The van der Waals surface area contributed by atoms with E-state index in [1.807, 2.05) is 0 Å². The molecule has 110 valence electrons. The third-order valence-corrected chi connectivity index (χ3v) is 3.36. The number of ketones is 1. The third-order valence-electron chi connectivity index (χ3n) is 2.45. The van der Waals surface area contributed by atoms with Crippen LogP contribution < -0.4 is 14.2 Å². The lowest BCUT2D eigenvalue weighted by Crippen LogP contribution is -2.07. The normalized spacial score (nSPS) is 9.95. The fourth-order valence-corrected chi connectivity index (χ4v) is 2.19. The van der Waals surface area contributed by atoms with Crippen molar-refractivity contribution in [1.82, 2.24) is 0 Å². The van der Waals surface area contributed by atoms with Crippen LogP contribution in [0.4, 0.5) is 0 Å². The average molecular weight is 300 g/mol. The van der Waals surface area contributed by atoms with E-state index < -0.39 is 5.97 Å². The maximum Gasteiger partial charge on any atom is 0.313 e. The molecule has 0 spiro atoms. The van der Waals surface area contributed by atoms with E-state index in [1.165, 1.54) is 21.3 Å². The van der Waals surface area contributed by atoms with Crippen LogP contribution in [0, 0.1) is 0 Å². The number of carboxylic acids is 1. The fraction of sp³-hybridized carbons (Fsp3) is 0.385. The van der Waals surface area contributed by atoms with Gasteiger partial charge in [0.05, 0.1) is 32.8 Å². The molecule has 0 unspecified atom stereocenters. The Labute approximate surface area is 121 Å². The number of ether oxygens (including phenoxy) is 3. The van der Waals surface area contributed by atoms with E-state index in [1.54, 1.807) is 12.1 Å². The lowest BCUT2D eigenvalue weighted by molar-refractivity contribution is -0.133. The molecule has 6 nitrogen and oxygen atoms in total. The lowest BCUT2D eigenvalue weighted by Gasteiger charge is -2.13. The van der Waals surface area contributed by atoms with Crippen molar-refractivity contribution in [2.45, 2.75) is 0 Å². The number of carbonyl (C=O) groups excluding carboxylic acids is 1. The highest BCUT2D eigenvalue weighted by molar-refractivity contribution is 8.00. The summed E-state index contributed by atoms with van der Waals surface area (Å²) in [6.07, 6.45) is 0. The van der Waals surface area contributed by atoms with Crippen LogP contribution in [0.15, 0.2) is 12.1 Å². The van der Waals surface area contributed by atoms with Gasteiger partial charge in [-0.05, 0) is 12.1 Å². The van der Waals surface area contributed by atoms with Gasteiger partial charge < -0.3 is 19.3 Å². The van der Waals surface area contributed by atoms with Gasteiger partial charge in [0.1, 0.15) is 0 Å². The molecule has 1 aromatic rings. The number of carboxylic acid groups (broad SMARTS) is 1. The third kappa shape index (κ3) is 4.06. The molecule has 0 aliphatic carbocycles. The largest absolute Gasteiger partial charge is 0.493 e. The van der Waals surface area contributed by atoms with Crippen molar-refractivity contribution in [2.75, 3.05) is 32.8 Å². The Morgan fingerprint density at radius 1 is 1.05 bits per heavy atom. The number of thioether (sulfide) groups is 1. The first-order chi connectivity index (χ1) is 9.53. The Morgan fingerprint density at radius 3 is 2.00 bits per heavy atom. The van der Waals surface area contributed by atoms with E-state index >= 15 is 0 Å². The van der Waals surface area contributed by atoms with Crippen molar-refractivity contribution in [3.05, 3.63) is 17.7 Å². The average Bonchev–Trinajstić information content (AvgIpc) is 2.44. The van der Waals surface area contributed by atoms with Gasteiger partial charge in [-0.2, -0.15) is 0 Å². The Morgan fingerprint density at radius 2 is 1.60 bits per heavy atom. The van der Waals surface area contributed by atoms with E-state index in [2.05, 4.69) is 0 Å². The van der Waals surface area contributed by atoms with Gasteiger partial charge in [0.2, 0.25) is 5.75 Å². The van der Waals surface area contributed by atoms with Crippen molar-refractivity contribution in [2.24, 2.45) is 0 Å². The zero-order valence-corrected chi connectivity index (χ0v) is 12.3. The van der Waals surface area contributed by atoms with Gasteiger partial charge in [-0.1, -0.05) is 0 Å². The van der Waals surface area contributed by atoms with E-state index in [0.29, 0.717) is 22.8 Å². The van der Waals surface area contributed by atoms with E-state index in [-0.39, 0.29) is 17.3 Å². The highest BCUT2D eigenvalue weighted by Gasteiger charge is 2.17. The number of carbonyl (C=O) groups is 2. The van der Waals surface area contributed by atoms with E-state index in [0.717, 1.165) is 11.8 Å². The van der Waals surface area contributed by atoms with Gasteiger partial charge in [-0.3, -0.25) is 9.59 Å². The summed E-state index contributed by atoms with van der Waals surface area (Å²) in [6.45, 7) is 0. The molecule has 0 aliphatic rings. The van der Waals surface area contributed by atoms with Crippen molar-refractivity contribution < 1.29 is 28.9 Å². The van der Waals surface area contributed by atoms with E-state index in [4.69, 9.17) is 19.3 Å². The van der Waals surface area contributed by atoms with Crippen molar-refractivity contribution >= 4 is 23.5 Å². The molecule has 0 fully saturated rings. The first kappa shape index (κ1) is 16.2. The maximum absolute atomic E-state index is 12.0. The van der Waals surface area contributed by atoms with Crippen LogP contribution in [0.5, 0.6) is 17.2 Å². The minimum atomic E-state index is -0.951. The van der Waals surface area contributed by atoms with Gasteiger partial charge in [-0.15, -0.1) is 11.8 Å². The predicted octanol–water partition coefficient (Wildman–Crippen LogP) is 1.71. The molecule has 0 aliphatic heterocycles. The Bertz CT molecular complexity index is 475. The minimum absolute atomic E-state index is 0.0743. The van der Waals surface area contributed by atoms with Gasteiger partial charge in [-0.25, -0.2) is 0 Å². The summed E-state index contributed by atoms with van der Waals surface area (Å²) in [5, 5.41) is 8.54. The second-order valence-electron chi connectivity index (χ2n) is 3.72. The smallest absolute Gasteiger partial charge is 0.313 e. The summed E-state index contributed by atoms with van der Waals surface area (Å²) in [6, 6.07) is 3.09. The van der Waals surface area contributed by atoms with Crippen molar-refractivity contribution in [1.29, 1.82) is 0 Å². The molecule has 0 radical (unpaired) electrons. The zero-order valence-electron chi connectivity index (χ0n) is 11.5. The molecule has 1 aromatic carbocycles. The molecule has 7 heteroatoms. The predicted molar refractivity (Wildman–Crippen MR) is 75.4 cm³/mol. The van der Waals surface area contributed by atoms with Gasteiger partial charge in [0.25, 0.3) is 0 Å². The molecule has 20 heavy (non-hydrogen) atoms. The van der Waals surface area contributed by atoms with Gasteiger partial charge >= 0.3 is 5.97 Å². The molecular weight excluding hydrogens is 284 g/mol. The first-order valence-corrected chi connectivity index (χ1v) is 6.81. The zero-order chi connectivity index (χ0) is 15.1. The molecule has 0 heterocycles. The molecular formula is C13H16O6S. The van der Waals surface area contributed by atoms with E-state index in [9.17, 15) is 9.59 Å². The van der Waals surface area contributed by atoms with Crippen molar-refractivity contribution in [3.63, 3.8) is 0 Å². The first-order valence-electron chi connectivity index (χ1n) is 5.66. The Kier molecular flexibility index (Phi) is 6.17. The van der Waals surface area contributed by atoms with Crippen molar-refractivity contribution in [3.8, 4) is 17.2 Å². The molecule has 0 amide bonds. The molecule has 1 rings (SSSR count). The van der Waals surface area contributed by atoms with Crippen LogP contribution in [0.2, 0.25) is 0 Å². The second-order valence-corrected chi connectivity index (χ2v) is 4.71. The van der Waals surface area contributed by atoms with Crippen LogP contribution >= 0.6 is 11.8 Å². The fourth-order valence-electron chi connectivity index (χ4n) is 1.56. The number of hydrogen-bond acceptors (Lipinski definition) is 6. The molecule has 0 aromatic heterocycles. The Hall–Kier alpha value is -1.89. The highest BCUT2D eigenvalue weighted by Crippen LogP contribution is 2.38. The second kappa shape index (κ2) is 7.64. The van der Waals surface area contributed by atoms with Gasteiger partial charge in [0, 0.05) is 5.56 Å². The summed E-state index contributed by atoms with van der Waals surface area (Å²) in [5.74, 6) is -0.00835. The maximum atomic E-state index is 12.0. The number of methoxy groups -OCH3 is 3. The molecule has 0 bridgehead atoms. The van der Waals surface area contributed by atoms with Crippen LogP contribution in [-0.2, 0) is 4.79 Å². The number of Topliss-reactive ketones (excluding diaryl/α,β-unsaturated/α-hetero) is 1. The summed E-state index contributed by atoms with van der Waals surface area (Å²) < 4.78 is 15.5. The van der Waals surface area contributed by atoms with Crippen LogP contribution in [0.3, 0.4) is 0 Å². The van der Waals surface area contributed by atoms with Crippen LogP contribution in [0.1, 0.15) is 10.4 Å². The van der Waals surface area contributed by atoms with Gasteiger partial charge in [0.15, 0.2) is 17.3 Å². The number of benzene rings is 1. The summed E-state index contributed by atoms with van der Waals surface area (Å²) in [4.78, 5) is 22.4. The molecule has 0 saturated heterocycles.